The average molecular weight is 132 g/mol. The lowest BCUT2D eigenvalue weighted by Gasteiger charge is -1.95. The third-order valence-corrected chi connectivity index (χ3v) is 0.746. The third kappa shape index (κ3) is 5.05. The summed E-state index contributed by atoms with van der Waals surface area (Å²) >= 11 is 0. The van der Waals surface area contributed by atoms with E-state index < -0.39 is 0 Å². The molecule has 0 amide bonds. The Balaban J connectivity index is 3.21. The summed E-state index contributed by atoms with van der Waals surface area (Å²) in [5, 5.41) is 8.29. The Labute approximate surface area is 53.7 Å². The van der Waals surface area contributed by atoms with Crippen molar-refractivity contribution in [1.29, 1.82) is 0 Å². The normalized spacial score (nSPS) is 11.6. The molecule has 0 aromatic rings. The van der Waals surface area contributed by atoms with E-state index in [9.17, 15) is 0 Å². The van der Waals surface area contributed by atoms with Gasteiger partial charge in [-0.3, -0.25) is 10.4 Å². The van der Waals surface area contributed by atoms with E-state index in [2.05, 4.69) is 10.4 Å². The Morgan fingerprint density at radius 1 is 1.67 bits per heavy atom. The zero-order chi connectivity index (χ0) is 7.11. The first-order chi connectivity index (χ1) is 4.31. The van der Waals surface area contributed by atoms with Crippen LogP contribution in [-0.2, 0) is 0 Å². The lowest BCUT2D eigenvalue weighted by molar-refractivity contribution is 0.291. The third-order valence-electron chi connectivity index (χ3n) is 0.746. The molecule has 0 fully saturated rings. The fourth-order valence-corrected chi connectivity index (χ4v) is 0.316. The summed E-state index contributed by atoms with van der Waals surface area (Å²) in [4.78, 5) is 3.73. The number of hydrogen-bond acceptors (Lipinski definition) is 3. The number of rotatable bonds is 3. The second-order valence-corrected chi connectivity index (χ2v) is 1.49. The van der Waals surface area contributed by atoms with Crippen LogP contribution in [0.3, 0.4) is 0 Å². The van der Waals surface area contributed by atoms with Crippen LogP contribution in [0.1, 0.15) is 6.42 Å². The highest BCUT2D eigenvalue weighted by Gasteiger charge is 1.83. The SMILES string of the molecule is NNC(N)=NCCCO. The van der Waals surface area contributed by atoms with Gasteiger partial charge in [0, 0.05) is 13.2 Å². The zero-order valence-electron chi connectivity index (χ0n) is 5.17. The molecule has 9 heavy (non-hydrogen) atoms. The molecule has 0 rings (SSSR count). The van der Waals surface area contributed by atoms with Crippen LogP contribution in [-0.4, -0.2) is 24.2 Å². The second kappa shape index (κ2) is 5.33. The molecule has 5 nitrogen and oxygen atoms in total. The van der Waals surface area contributed by atoms with Gasteiger partial charge in [-0.25, -0.2) is 5.84 Å². The van der Waals surface area contributed by atoms with Gasteiger partial charge in [0.1, 0.15) is 0 Å². The Bertz CT molecular complexity index is 92.6. The van der Waals surface area contributed by atoms with Gasteiger partial charge in [0.2, 0.25) is 5.96 Å². The minimum atomic E-state index is 0.126. The predicted octanol–water partition coefficient (Wildman–Crippen LogP) is -1.85. The van der Waals surface area contributed by atoms with Crippen molar-refractivity contribution in [2.45, 2.75) is 6.42 Å². The van der Waals surface area contributed by atoms with Crippen LogP contribution in [0.25, 0.3) is 0 Å². The topological polar surface area (TPSA) is 96.7 Å². The molecule has 0 aliphatic rings. The number of aliphatic hydroxyl groups excluding tert-OH is 1. The maximum atomic E-state index is 8.29. The molecule has 5 heteroatoms. The van der Waals surface area contributed by atoms with Crippen molar-refractivity contribution >= 4 is 5.96 Å². The first-order valence-corrected chi connectivity index (χ1v) is 2.68. The van der Waals surface area contributed by atoms with E-state index in [-0.39, 0.29) is 12.6 Å². The van der Waals surface area contributed by atoms with Crippen molar-refractivity contribution in [2.75, 3.05) is 13.2 Å². The average Bonchev–Trinajstić information content (AvgIpc) is 1.89. The Morgan fingerprint density at radius 3 is 2.78 bits per heavy atom. The van der Waals surface area contributed by atoms with Gasteiger partial charge in [-0.05, 0) is 6.42 Å². The fourth-order valence-electron chi connectivity index (χ4n) is 0.316. The molecule has 0 radical (unpaired) electrons. The van der Waals surface area contributed by atoms with Crippen LogP contribution in [0, 0.1) is 0 Å². The fraction of sp³-hybridized carbons (Fsp3) is 0.750. The molecule has 0 atom stereocenters. The molecule has 0 aliphatic heterocycles. The summed E-state index contributed by atoms with van der Waals surface area (Å²) in [6, 6.07) is 0. The first kappa shape index (κ1) is 8.19. The number of aliphatic imine (C=N–C) groups is 1. The zero-order valence-corrected chi connectivity index (χ0v) is 5.17. The quantitative estimate of drug-likeness (QED) is 0.119. The minimum absolute atomic E-state index is 0.126. The van der Waals surface area contributed by atoms with Gasteiger partial charge in [-0.2, -0.15) is 0 Å². The van der Waals surface area contributed by atoms with Gasteiger partial charge in [-0.15, -0.1) is 0 Å². The van der Waals surface area contributed by atoms with Gasteiger partial charge in [-0.1, -0.05) is 0 Å². The molecule has 54 valence electrons. The molecular formula is C4H12N4O. The molecule has 0 saturated carbocycles. The lowest BCUT2D eigenvalue weighted by atomic mass is 10.5. The van der Waals surface area contributed by atoms with Gasteiger partial charge in [0.25, 0.3) is 0 Å². The van der Waals surface area contributed by atoms with Crippen molar-refractivity contribution < 1.29 is 5.11 Å². The maximum absolute atomic E-state index is 8.29. The van der Waals surface area contributed by atoms with E-state index in [4.69, 9.17) is 16.7 Å². The molecule has 0 unspecified atom stereocenters. The number of hydrazine groups is 1. The molecule has 0 aromatic carbocycles. The summed E-state index contributed by atoms with van der Waals surface area (Å²) in [6.07, 6.45) is 0.613. The van der Waals surface area contributed by atoms with Gasteiger partial charge in [0.15, 0.2) is 0 Å². The van der Waals surface area contributed by atoms with Gasteiger partial charge < -0.3 is 10.8 Å². The predicted molar refractivity (Wildman–Crippen MR) is 35.5 cm³/mol. The van der Waals surface area contributed by atoms with Gasteiger partial charge >= 0.3 is 0 Å². The Kier molecular flexibility index (Phi) is 4.85. The van der Waals surface area contributed by atoms with Crippen LogP contribution < -0.4 is 17.0 Å². The highest BCUT2D eigenvalue weighted by atomic mass is 16.3. The van der Waals surface area contributed by atoms with Crippen molar-refractivity contribution in [1.82, 2.24) is 5.43 Å². The smallest absolute Gasteiger partial charge is 0.203 e. The molecule has 0 bridgehead atoms. The standard InChI is InChI=1S/C4H12N4O/c5-4(8-6)7-2-1-3-9/h9H,1-3,6H2,(H3,5,7,8). The van der Waals surface area contributed by atoms with Crippen molar-refractivity contribution in [3.8, 4) is 0 Å². The number of hydrogen-bond donors (Lipinski definition) is 4. The van der Waals surface area contributed by atoms with Crippen LogP contribution in [0.2, 0.25) is 0 Å². The molecule has 0 heterocycles. The molecule has 0 aliphatic carbocycles. The molecule has 0 aromatic heterocycles. The number of aliphatic hydroxyl groups is 1. The van der Waals surface area contributed by atoms with Crippen LogP contribution in [0.4, 0.5) is 0 Å². The van der Waals surface area contributed by atoms with Crippen LogP contribution in [0.15, 0.2) is 4.99 Å². The highest BCUT2D eigenvalue weighted by Crippen LogP contribution is 1.75. The Morgan fingerprint density at radius 2 is 2.33 bits per heavy atom. The summed E-state index contributed by atoms with van der Waals surface area (Å²) in [7, 11) is 0. The van der Waals surface area contributed by atoms with E-state index in [1.165, 1.54) is 0 Å². The monoisotopic (exact) mass is 132 g/mol. The minimum Gasteiger partial charge on any atom is -0.396 e. The summed E-state index contributed by atoms with van der Waals surface area (Å²) in [5.41, 5.74) is 7.32. The number of nitrogens with two attached hydrogens (primary N) is 2. The second-order valence-electron chi connectivity index (χ2n) is 1.49. The molecular weight excluding hydrogens is 120 g/mol. The Hall–Kier alpha value is -0.810. The van der Waals surface area contributed by atoms with Crippen LogP contribution >= 0.6 is 0 Å². The molecule has 0 saturated heterocycles. The number of nitrogens with one attached hydrogen (secondary N) is 1. The highest BCUT2D eigenvalue weighted by molar-refractivity contribution is 5.76. The van der Waals surface area contributed by atoms with E-state index >= 15 is 0 Å². The maximum Gasteiger partial charge on any atom is 0.203 e. The number of guanidine groups is 1. The van der Waals surface area contributed by atoms with Crippen molar-refractivity contribution in [3.63, 3.8) is 0 Å². The molecule has 6 N–H and O–H groups in total. The largest absolute Gasteiger partial charge is 0.396 e. The van der Waals surface area contributed by atoms with E-state index in [0.717, 1.165) is 0 Å². The summed E-state index contributed by atoms with van der Waals surface area (Å²) in [5.74, 6) is 5.08. The lowest BCUT2D eigenvalue weighted by Crippen LogP contribution is -2.37. The number of nitrogens with zero attached hydrogens (tertiary/aromatic N) is 1. The van der Waals surface area contributed by atoms with Crippen molar-refractivity contribution in [3.05, 3.63) is 0 Å². The van der Waals surface area contributed by atoms with E-state index in [0.29, 0.717) is 13.0 Å². The first-order valence-electron chi connectivity index (χ1n) is 2.68. The van der Waals surface area contributed by atoms with E-state index in [1.807, 2.05) is 0 Å². The van der Waals surface area contributed by atoms with Crippen LogP contribution in [0.5, 0.6) is 0 Å². The summed E-state index contributed by atoms with van der Waals surface area (Å²) in [6.45, 7) is 0.633. The van der Waals surface area contributed by atoms with Crippen molar-refractivity contribution in [2.24, 2.45) is 16.6 Å². The van der Waals surface area contributed by atoms with E-state index in [1.54, 1.807) is 0 Å². The summed E-state index contributed by atoms with van der Waals surface area (Å²) < 4.78 is 0. The van der Waals surface area contributed by atoms with Gasteiger partial charge in [0.05, 0.1) is 0 Å². The molecule has 0 spiro atoms.